The second-order valence-electron chi connectivity index (χ2n) is 4.60. The standard InChI is InChI=1S/C13H17ClN2O2/c1-16(2)13(17)9-3-4-11(14)12(7-9)15-10-5-6-18-8-10/h3-4,7,10,15H,5-6,8H2,1-2H3. The highest BCUT2D eigenvalue weighted by atomic mass is 35.5. The van der Waals surface area contributed by atoms with Crippen molar-refractivity contribution in [2.45, 2.75) is 12.5 Å². The minimum Gasteiger partial charge on any atom is -0.379 e. The van der Waals surface area contributed by atoms with Gasteiger partial charge in [-0.2, -0.15) is 0 Å². The number of benzene rings is 1. The van der Waals surface area contributed by atoms with E-state index in [1.165, 1.54) is 0 Å². The van der Waals surface area contributed by atoms with Gasteiger partial charge in [0.15, 0.2) is 0 Å². The van der Waals surface area contributed by atoms with E-state index in [2.05, 4.69) is 5.32 Å². The summed E-state index contributed by atoms with van der Waals surface area (Å²) in [5, 5.41) is 3.94. The molecule has 1 amide bonds. The van der Waals surface area contributed by atoms with E-state index >= 15 is 0 Å². The number of nitrogens with one attached hydrogen (secondary N) is 1. The Morgan fingerprint density at radius 2 is 2.28 bits per heavy atom. The van der Waals surface area contributed by atoms with Crippen LogP contribution in [0.3, 0.4) is 0 Å². The molecule has 98 valence electrons. The molecule has 0 spiro atoms. The molecule has 1 saturated heterocycles. The number of rotatable bonds is 3. The van der Waals surface area contributed by atoms with Crippen LogP contribution in [0.15, 0.2) is 18.2 Å². The van der Waals surface area contributed by atoms with Crippen molar-refractivity contribution in [3.8, 4) is 0 Å². The van der Waals surface area contributed by atoms with Crippen molar-refractivity contribution in [3.05, 3.63) is 28.8 Å². The van der Waals surface area contributed by atoms with Crippen LogP contribution < -0.4 is 5.32 Å². The zero-order valence-corrected chi connectivity index (χ0v) is 11.3. The number of carbonyl (C=O) groups is 1. The van der Waals surface area contributed by atoms with Crippen molar-refractivity contribution < 1.29 is 9.53 Å². The molecule has 0 radical (unpaired) electrons. The number of ether oxygens (including phenoxy) is 1. The van der Waals surface area contributed by atoms with Crippen LogP contribution in [0.1, 0.15) is 16.8 Å². The van der Waals surface area contributed by atoms with Gasteiger partial charge in [-0.25, -0.2) is 0 Å². The van der Waals surface area contributed by atoms with Crippen molar-refractivity contribution in [1.29, 1.82) is 0 Å². The molecule has 5 heteroatoms. The van der Waals surface area contributed by atoms with Crippen LogP contribution in [-0.2, 0) is 4.74 Å². The molecule has 1 heterocycles. The van der Waals surface area contributed by atoms with Gasteiger partial charge in [-0.15, -0.1) is 0 Å². The Morgan fingerprint density at radius 3 is 2.89 bits per heavy atom. The molecule has 18 heavy (non-hydrogen) atoms. The quantitative estimate of drug-likeness (QED) is 0.914. The van der Waals surface area contributed by atoms with Crippen LogP contribution in [0, 0.1) is 0 Å². The van der Waals surface area contributed by atoms with Gasteiger partial charge >= 0.3 is 0 Å². The maximum atomic E-state index is 11.9. The fourth-order valence-electron chi connectivity index (χ4n) is 1.90. The maximum absolute atomic E-state index is 11.9. The predicted molar refractivity (Wildman–Crippen MR) is 72.3 cm³/mol. The van der Waals surface area contributed by atoms with Gasteiger partial charge < -0.3 is 15.0 Å². The van der Waals surface area contributed by atoms with Crippen molar-refractivity contribution >= 4 is 23.2 Å². The first-order valence-corrected chi connectivity index (χ1v) is 6.31. The van der Waals surface area contributed by atoms with Gasteiger partial charge in [-0.3, -0.25) is 4.79 Å². The van der Waals surface area contributed by atoms with Gasteiger partial charge in [-0.05, 0) is 24.6 Å². The molecular weight excluding hydrogens is 252 g/mol. The van der Waals surface area contributed by atoms with Crippen LogP contribution in [0.25, 0.3) is 0 Å². The molecule has 2 rings (SSSR count). The van der Waals surface area contributed by atoms with Crippen LogP contribution in [0.4, 0.5) is 5.69 Å². The summed E-state index contributed by atoms with van der Waals surface area (Å²) >= 11 is 6.13. The Hall–Kier alpha value is -1.26. The van der Waals surface area contributed by atoms with E-state index in [9.17, 15) is 4.79 Å². The summed E-state index contributed by atoms with van der Waals surface area (Å²) in [7, 11) is 3.46. The van der Waals surface area contributed by atoms with Gasteiger partial charge in [0.25, 0.3) is 5.91 Å². The van der Waals surface area contributed by atoms with Crippen molar-refractivity contribution in [1.82, 2.24) is 4.90 Å². The molecular formula is C13H17ClN2O2. The third-order valence-corrected chi connectivity index (χ3v) is 3.24. The largest absolute Gasteiger partial charge is 0.379 e. The minimum absolute atomic E-state index is 0.0302. The molecule has 0 bridgehead atoms. The Kier molecular flexibility index (Phi) is 4.09. The average molecular weight is 269 g/mol. The first-order chi connectivity index (χ1) is 8.58. The van der Waals surface area contributed by atoms with Gasteiger partial charge in [-0.1, -0.05) is 11.6 Å². The van der Waals surface area contributed by atoms with Gasteiger partial charge in [0.1, 0.15) is 0 Å². The lowest BCUT2D eigenvalue weighted by Gasteiger charge is -2.16. The molecule has 1 aliphatic heterocycles. The Balaban J connectivity index is 2.18. The fraction of sp³-hybridized carbons (Fsp3) is 0.462. The Bertz CT molecular complexity index is 443. The number of amides is 1. The first-order valence-electron chi connectivity index (χ1n) is 5.93. The topological polar surface area (TPSA) is 41.6 Å². The van der Waals surface area contributed by atoms with Crippen molar-refractivity contribution in [3.63, 3.8) is 0 Å². The summed E-state index contributed by atoms with van der Waals surface area (Å²) in [6.07, 6.45) is 0.960. The Morgan fingerprint density at radius 1 is 1.50 bits per heavy atom. The number of nitrogens with zero attached hydrogens (tertiary/aromatic N) is 1. The predicted octanol–water partition coefficient (Wildman–Crippen LogP) is 2.24. The van der Waals surface area contributed by atoms with E-state index < -0.39 is 0 Å². The molecule has 0 aromatic heterocycles. The van der Waals surface area contributed by atoms with Crippen LogP contribution >= 0.6 is 11.6 Å². The third kappa shape index (κ3) is 2.94. The molecule has 1 N–H and O–H groups in total. The molecule has 1 unspecified atom stereocenters. The van der Waals surface area contributed by atoms with E-state index in [-0.39, 0.29) is 11.9 Å². The number of halogens is 1. The highest BCUT2D eigenvalue weighted by Crippen LogP contribution is 2.25. The van der Waals surface area contributed by atoms with Crippen molar-refractivity contribution in [2.24, 2.45) is 0 Å². The summed E-state index contributed by atoms with van der Waals surface area (Å²) in [5.41, 5.74) is 1.42. The van der Waals surface area contributed by atoms with Crippen molar-refractivity contribution in [2.75, 3.05) is 32.6 Å². The highest BCUT2D eigenvalue weighted by Gasteiger charge is 2.17. The number of anilines is 1. The minimum atomic E-state index is -0.0302. The molecule has 1 aliphatic rings. The zero-order chi connectivity index (χ0) is 13.1. The smallest absolute Gasteiger partial charge is 0.253 e. The monoisotopic (exact) mass is 268 g/mol. The Labute approximate surface area is 112 Å². The second-order valence-corrected chi connectivity index (χ2v) is 5.01. The maximum Gasteiger partial charge on any atom is 0.253 e. The van der Waals surface area contributed by atoms with E-state index in [1.807, 2.05) is 0 Å². The number of hydrogen-bond acceptors (Lipinski definition) is 3. The molecule has 0 saturated carbocycles. The molecule has 1 atom stereocenters. The van der Waals surface area contributed by atoms with Gasteiger partial charge in [0, 0.05) is 26.3 Å². The zero-order valence-electron chi connectivity index (χ0n) is 10.6. The first kappa shape index (κ1) is 13.2. The molecule has 1 aromatic carbocycles. The summed E-state index contributed by atoms with van der Waals surface area (Å²) in [4.78, 5) is 13.4. The number of carbonyl (C=O) groups excluding carboxylic acids is 1. The van der Waals surface area contributed by atoms with Crippen LogP contribution in [-0.4, -0.2) is 44.2 Å². The SMILES string of the molecule is CN(C)C(=O)c1ccc(Cl)c(NC2CCOC2)c1. The molecule has 0 aliphatic carbocycles. The van der Waals surface area contributed by atoms with E-state index in [4.69, 9.17) is 16.3 Å². The summed E-state index contributed by atoms with van der Waals surface area (Å²) in [6, 6.07) is 5.55. The van der Waals surface area contributed by atoms with Gasteiger partial charge in [0.05, 0.1) is 23.4 Å². The van der Waals surface area contributed by atoms with Crippen LogP contribution in [0.2, 0.25) is 5.02 Å². The lowest BCUT2D eigenvalue weighted by Crippen LogP contribution is -2.23. The van der Waals surface area contributed by atoms with Crippen LogP contribution in [0.5, 0.6) is 0 Å². The van der Waals surface area contributed by atoms with E-state index in [1.54, 1.807) is 37.2 Å². The van der Waals surface area contributed by atoms with E-state index in [0.29, 0.717) is 17.2 Å². The molecule has 4 nitrogen and oxygen atoms in total. The molecule has 1 aromatic rings. The normalized spacial score (nSPS) is 18.7. The van der Waals surface area contributed by atoms with E-state index in [0.717, 1.165) is 18.7 Å². The summed E-state index contributed by atoms with van der Waals surface area (Å²) < 4.78 is 5.30. The fourth-order valence-corrected chi connectivity index (χ4v) is 2.07. The lowest BCUT2D eigenvalue weighted by atomic mass is 10.1. The number of hydrogen-bond donors (Lipinski definition) is 1. The lowest BCUT2D eigenvalue weighted by molar-refractivity contribution is 0.0827. The average Bonchev–Trinajstić information content (AvgIpc) is 2.84. The summed E-state index contributed by atoms with van der Waals surface area (Å²) in [5.74, 6) is -0.0302. The highest BCUT2D eigenvalue weighted by molar-refractivity contribution is 6.33. The molecule has 1 fully saturated rings. The summed E-state index contributed by atoms with van der Waals surface area (Å²) in [6.45, 7) is 1.45. The second kappa shape index (κ2) is 5.59. The third-order valence-electron chi connectivity index (χ3n) is 2.91. The van der Waals surface area contributed by atoms with Gasteiger partial charge in [0.2, 0.25) is 0 Å².